The first-order valence-electron chi connectivity index (χ1n) is 9.02. The minimum atomic E-state index is -0.266. The lowest BCUT2D eigenvalue weighted by Gasteiger charge is -2.41. The Morgan fingerprint density at radius 1 is 1.32 bits per heavy atom. The molecule has 1 aliphatic heterocycles. The molecule has 0 spiro atoms. The molecule has 1 amide bonds. The first kappa shape index (κ1) is 17.7. The fraction of sp³-hybridized carbons (Fsp3) is 0.941. The number of piperazine rings is 1. The third-order valence-corrected chi connectivity index (χ3v) is 5.03. The van der Waals surface area contributed by atoms with Gasteiger partial charge in [0, 0.05) is 51.2 Å². The summed E-state index contributed by atoms with van der Waals surface area (Å²) in [7, 11) is 0. The van der Waals surface area contributed by atoms with Gasteiger partial charge in [-0.1, -0.05) is 19.8 Å². The van der Waals surface area contributed by atoms with E-state index in [-0.39, 0.29) is 12.0 Å². The van der Waals surface area contributed by atoms with Crippen LogP contribution in [0.15, 0.2) is 0 Å². The van der Waals surface area contributed by atoms with Crippen molar-refractivity contribution >= 4 is 5.91 Å². The number of nitrogens with one attached hydrogen (secondary N) is 1. The second kappa shape index (κ2) is 8.85. The molecule has 0 radical (unpaired) electrons. The summed E-state index contributed by atoms with van der Waals surface area (Å²) in [4.78, 5) is 16.8. The third kappa shape index (κ3) is 5.52. The number of aliphatic hydroxyl groups is 1. The van der Waals surface area contributed by atoms with Gasteiger partial charge in [0.1, 0.15) is 0 Å². The number of hydrogen-bond donors (Lipinski definition) is 2. The summed E-state index contributed by atoms with van der Waals surface area (Å²) in [5, 5.41) is 12.8. The van der Waals surface area contributed by atoms with Crippen LogP contribution in [0.1, 0.15) is 52.4 Å². The Morgan fingerprint density at radius 3 is 2.68 bits per heavy atom. The molecular weight excluding hydrogens is 278 g/mol. The van der Waals surface area contributed by atoms with Crippen LogP contribution in [-0.4, -0.2) is 71.7 Å². The van der Waals surface area contributed by atoms with Crippen molar-refractivity contribution in [2.45, 2.75) is 70.6 Å². The molecule has 2 atom stereocenters. The lowest BCUT2D eigenvalue weighted by Crippen LogP contribution is -2.54. The predicted octanol–water partition coefficient (Wildman–Crippen LogP) is 1.21. The van der Waals surface area contributed by atoms with Gasteiger partial charge in [0.05, 0.1) is 6.10 Å². The van der Waals surface area contributed by atoms with Gasteiger partial charge in [0.2, 0.25) is 5.91 Å². The number of amides is 1. The Labute approximate surface area is 135 Å². The number of β-amino-alcohol motifs (C(OH)–C–C–N with tert-alkyl or cyclic N) is 1. The summed E-state index contributed by atoms with van der Waals surface area (Å²) >= 11 is 0. The molecule has 0 aromatic heterocycles. The van der Waals surface area contributed by atoms with Crippen LogP contribution in [-0.2, 0) is 4.79 Å². The van der Waals surface area contributed by atoms with E-state index in [1.807, 2.05) is 6.92 Å². The Morgan fingerprint density at radius 2 is 2.05 bits per heavy atom. The van der Waals surface area contributed by atoms with E-state index < -0.39 is 0 Å². The second-order valence-electron chi connectivity index (χ2n) is 7.01. The van der Waals surface area contributed by atoms with Crippen LogP contribution >= 0.6 is 0 Å². The molecule has 2 fully saturated rings. The molecule has 2 rings (SSSR count). The van der Waals surface area contributed by atoms with Gasteiger partial charge in [-0.15, -0.1) is 0 Å². The number of nitrogens with zero attached hydrogens (tertiary/aromatic N) is 2. The van der Waals surface area contributed by atoms with Gasteiger partial charge in [-0.2, -0.15) is 0 Å². The highest BCUT2D eigenvalue weighted by Crippen LogP contribution is 2.18. The van der Waals surface area contributed by atoms with Gasteiger partial charge < -0.3 is 10.4 Å². The van der Waals surface area contributed by atoms with Crippen LogP contribution in [0.4, 0.5) is 0 Å². The second-order valence-corrected chi connectivity index (χ2v) is 7.01. The molecule has 22 heavy (non-hydrogen) atoms. The van der Waals surface area contributed by atoms with E-state index >= 15 is 0 Å². The van der Waals surface area contributed by atoms with Gasteiger partial charge in [-0.3, -0.25) is 14.6 Å². The van der Waals surface area contributed by atoms with Crippen LogP contribution in [0.5, 0.6) is 0 Å². The monoisotopic (exact) mass is 311 g/mol. The van der Waals surface area contributed by atoms with Crippen molar-refractivity contribution in [3.8, 4) is 0 Å². The fourth-order valence-electron chi connectivity index (χ4n) is 3.76. The molecule has 0 aromatic carbocycles. The molecule has 0 aromatic rings. The van der Waals surface area contributed by atoms with Crippen molar-refractivity contribution in [3.63, 3.8) is 0 Å². The summed E-state index contributed by atoms with van der Waals surface area (Å²) in [6.45, 7) is 8.68. The van der Waals surface area contributed by atoms with Gasteiger partial charge >= 0.3 is 0 Å². The fourth-order valence-corrected chi connectivity index (χ4v) is 3.76. The average Bonchev–Trinajstić information content (AvgIpc) is 2.98. The van der Waals surface area contributed by atoms with Crippen molar-refractivity contribution in [3.05, 3.63) is 0 Å². The summed E-state index contributed by atoms with van der Waals surface area (Å²) in [6, 6.07) is 0.931. The Bertz CT molecular complexity index is 343. The summed E-state index contributed by atoms with van der Waals surface area (Å²) in [5.74, 6) is 0.214. The SMILES string of the molecule is CCC1CN(CCC(=O)NC2CCCC2)CCN1CC(C)O. The summed E-state index contributed by atoms with van der Waals surface area (Å²) in [5.41, 5.74) is 0. The first-order valence-corrected chi connectivity index (χ1v) is 9.02. The first-order chi connectivity index (χ1) is 10.6. The number of aliphatic hydroxyl groups excluding tert-OH is 1. The van der Waals surface area contributed by atoms with E-state index in [0.717, 1.165) is 52.0 Å². The molecule has 2 aliphatic rings. The number of rotatable bonds is 7. The van der Waals surface area contributed by atoms with E-state index in [1.54, 1.807) is 0 Å². The number of carbonyl (C=O) groups is 1. The maximum absolute atomic E-state index is 12.0. The lowest BCUT2D eigenvalue weighted by atomic mass is 10.1. The topological polar surface area (TPSA) is 55.8 Å². The van der Waals surface area contributed by atoms with Crippen molar-refractivity contribution in [1.82, 2.24) is 15.1 Å². The van der Waals surface area contributed by atoms with Gasteiger partial charge in [-0.25, -0.2) is 0 Å². The Hall–Kier alpha value is -0.650. The van der Waals surface area contributed by atoms with E-state index in [1.165, 1.54) is 12.8 Å². The minimum absolute atomic E-state index is 0.214. The average molecular weight is 311 g/mol. The standard InChI is InChI=1S/C17H33N3O2/c1-3-16-13-19(10-11-20(16)12-14(2)21)9-8-17(22)18-15-6-4-5-7-15/h14-16,21H,3-13H2,1-2H3,(H,18,22). The molecule has 2 N–H and O–H groups in total. The van der Waals surface area contributed by atoms with E-state index in [2.05, 4.69) is 22.0 Å². The van der Waals surface area contributed by atoms with Crippen molar-refractivity contribution in [2.75, 3.05) is 32.7 Å². The molecule has 0 bridgehead atoms. The zero-order valence-corrected chi connectivity index (χ0v) is 14.3. The zero-order chi connectivity index (χ0) is 15.9. The quantitative estimate of drug-likeness (QED) is 0.742. The van der Waals surface area contributed by atoms with Crippen LogP contribution in [0.3, 0.4) is 0 Å². The molecular formula is C17H33N3O2. The van der Waals surface area contributed by atoms with E-state index in [0.29, 0.717) is 18.5 Å². The van der Waals surface area contributed by atoms with Crippen molar-refractivity contribution in [1.29, 1.82) is 0 Å². The highest BCUT2D eigenvalue weighted by Gasteiger charge is 2.26. The zero-order valence-electron chi connectivity index (χ0n) is 14.3. The van der Waals surface area contributed by atoms with Crippen molar-refractivity contribution in [2.24, 2.45) is 0 Å². The normalized spacial score (nSPS) is 26.2. The Kier molecular flexibility index (Phi) is 7.12. The van der Waals surface area contributed by atoms with Gasteiger partial charge in [0.15, 0.2) is 0 Å². The largest absolute Gasteiger partial charge is 0.392 e. The summed E-state index contributed by atoms with van der Waals surface area (Å²) in [6.07, 6.45) is 6.27. The highest BCUT2D eigenvalue weighted by atomic mass is 16.3. The molecule has 1 heterocycles. The number of hydrogen-bond acceptors (Lipinski definition) is 4. The Balaban J connectivity index is 1.69. The third-order valence-electron chi connectivity index (χ3n) is 5.03. The van der Waals surface area contributed by atoms with Crippen molar-refractivity contribution < 1.29 is 9.90 Å². The van der Waals surface area contributed by atoms with Crippen LogP contribution in [0, 0.1) is 0 Å². The molecule has 1 saturated carbocycles. The summed E-state index contributed by atoms with van der Waals surface area (Å²) < 4.78 is 0. The highest BCUT2D eigenvalue weighted by molar-refractivity contribution is 5.76. The van der Waals surface area contributed by atoms with Crippen LogP contribution in [0.25, 0.3) is 0 Å². The molecule has 1 aliphatic carbocycles. The van der Waals surface area contributed by atoms with Crippen LogP contribution in [0.2, 0.25) is 0 Å². The maximum Gasteiger partial charge on any atom is 0.221 e. The smallest absolute Gasteiger partial charge is 0.221 e. The molecule has 1 saturated heterocycles. The minimum Gasteiger partial charge on any atom is -0.392 e. The predicted molar refractivity (Wildman–Crippen MR) is 88.8 cm³/mol. The molecule has 5 nitrogen and oxygen atoms in total. The molecule has 128 valence electrons. The maximum atomic E-state index is 12.0. The van der Waals surface area contributed by atoms with E-state index in [4.69, 9.17) is 0 Å². The van der Waals surface area contributed by atoms with Gasteiger partial charge in [0.25, 0.3) is 0 Å². The van der Waals surface area contributed by atoms with Crippen LogP contribution < -0.4 is 5.32 Å². The number of carbonyl (C=O) groups excluding carboxylic acids is 1. The van der Waals surface area contributed by atoms with Gasteiger partial charge in [-0.05, 0) is 26.2 Å². The van der Waals surface area contributed by atoms with E-state index in [9.17, 15) is 9.90 Å². The molecule has 5 heteroatoms. The lowest BCUT2D eigenvalue weighted by molar-refractivity contribution is -0.122. The molecule has 2 unspecified atom stereocenters.